The van der Waals surface area contributed by atoms with Gasteiger partial charge in [0, 0.05) is 0 Å². The lowest BCUT2D eigenvalue weighted by atomic mass is 9.99. The molecule has 1 aromatic carbocycles. The molecule has 3 rings (SSSR count). The molecule has 0 bridgehead atoms. The van der Waals surface area contributed by atoms with Crippen molar-refractivity contribution in [2.24, 2.45) is 0 Å². The summed E-state index contributed by atoms with van der Waals surface area (Å²) in [5.41, 5.74) is -0.595. The second-order valence-corrected chi connectivity index (χ2v) is 6.35. The van der Waals surface area contributed by atoms with Crippen LogP contribution < -0.4 is 10.4 Å². The average Bonchev–Trinajstić information content (AvgIpc) is 2.67. The van der Waals surface area contributed by atoms with Gasteiger partial charge in [-0.15, -0.1) is 0 Å². The van der Waals surface area contributed by atoms with E-state index in [9.17, 15) is 24.9 Å². The quantitative estimate of drug-likeness (QED) is 0.571. The first-order chi connectivity index (χ1) is 13.3. The lowest BCUT2D eigenvalue weighted by Gasteiger charge is -2.38. The number of carboxylic acid groups (broad SMARTS) is 1. The van der Waals surface area contributed by atoms with Crippen molar-refractivity contribution in [2.45, 2.75) is 44.1 Å². The molecule has 5 unspecified atom stereocenters. The molecule has 2 heterocycles. The Hall–Kier alpha value is -2.72. The third-order valence-electron chi connectivity index (χ3n) is 4.34. The van der Waals surface area contributed by atoms with Gasteiger partial charge in [-0.1, -0.05) is 19.1 Å². The van der Waals surface area contributed by atoms with Crippen LogP contribution in [0.2, 0.25) is 0 Å². The molecular weight excluding hydrogens is 372 g/mol. The Labute approximate surface area is 159 Å². The first-order valence-corrected chi connectivity index (χ1v) is 8.65. The van der Waals surface area contributed by atoms with Crippen LogP contribution >= 0.6 is 0 Å². The van der Waals surface area contributed by atoms with Crippen molar-refractivity contribution in [1.29, 1.82) is 0 Å². The SMILES string of the molecule is CC/C=C/c1cc2ccc(OC3OC(C(=O)O)C(O)C(O)C3O)cc2c(=O)o1. The lowest BCUT2D eigenvalue weighted by molar-refractivity contribution is -0.271. The minimum absolute atomic E-state index is 0.0911. The molecule has 1 aliphatic heterocycles. The number of aliphatic hydroxyl groups excluding tert-OH is 3. The number of allylic oxidation sites excluding steroid dienone is 1. The fraction of sp³-hybridized carbons (Fsp3) is 0.368. The van der Waals surface area contributed by atoms with E-state index in [1.165, 1.54) is 12.1 Å². The van der Waals surface area contributed by atoms with Gasteiger partial charge in [0.2, 0.25) is 6.29 Å². The summed E-state index contributed by atoms with van der Waals surface area (Å²) in [5, 5.41) is 39.4. The molecule has 0 spiro atoms. The number of hydrogen-bond acceptors (Lipinski definition) is 8. The number of aliphatic carboxylic acids is 1. The molecule has 1 aliphatic rings. The third kappa shape index (κ3) is 3.92. The van der Waals surface area contributed by atoms with Gasteiger partial charge in [0.1, 0.15) is 29.8 Å². The summed E-state index contributed by atoms with van der Waals surface area (Å²) in [6, 6.07) is 6.13. The van der Waals surface area contributed by atoms with Crippen molar-refractivity contribution in [3.8, 4) is 5.75 Å². The maximum atomic E-state index is 12.2. The molecule has 28 heavy (non-hydrogen) atoms. The zero-order valence-electron chi connectivity index (χ0n) is 14.9. The maximum Gasteiger partial charge on any atom is 0.344 e. The van der Waals surface area contributed by atoms with Crippen molar-refractivity contribution in [2.75, 3.05) is 0 Å². The molecule has 0 radical (unpaired) electrons. The molecule has 5 atom stereocenters. The normalized spacial score (nSPS) is 27.9. The van der Waals surface area contributed by atoms with Crippen LogP contribution in [0.25, 0.3) is 16.8 Å². The third-order valence-corrected chi connectivity index (χ3v) is 4.34. The van der Waals surface area contributed by atoms with E-state index in [1.807, 2.05) is 13.0 Å². The van der Waals surface area contributed by atoms with Crippen LogP contribution in [0.3, 0.4) is 0 Å². The fourth-order valence-corrected chi connectivity index (χ4v) is 2.86. The van der Waals surface area contributed by atoms with Crippen molar-refractivity contribution >= 4 is 22.8 Å². The Morgan fingerprint density at radius 1 is 1.18 bits per heavy atom. The first kappa shape index (κ1) is 20.0. The van der Waals surface area contributed by atoms with Gasteiger partial charge >= 0.3 is 11.6 Å². The number of fused-ring (bicyclic) bond motifs is 1. The van der Waals surface area contributed by atoms with E-state index in [-0.39, 0.29) is 11.1 Å². The van der Waals surface area contributed by atoms with Gasteiger partial charge in [-0.2, -0.15) is 0 Å². The zero-order chi connectivity index (χ0) is 20.4. The summed E-state index contributed by atoms with van der Waals surface area (Å²) in [4.78, 5) is 23.4. The Balaban J connectivity index is 1.87. The molecule has 0 amide bonds. The average molecular weight is 392 g/mol. The number of carbonyl (C=O) groups is 1. The molecule has 1 aromatic heterocycles. The standard InChI is InChI=1S/C19H20O9/c1-2-3-4-10-7-9-5-6-11(8-12(9)18(25)26-10)27-19-15(22)13(20)14(21)16(28-19)17(23)24/h3-8,13-16,19-22H,2H2,1H3,(H,23,24)/b4-3+. The van der Waals surface area contributed by atoms with Crippen LogP contribution in [-0.2, 0) is 9.53 Å². The van der Waals surface area contributed by atoms with Crippen molar-refractivity contribution in [3.05, 3.63) is 46.5 Å². The Morgan fingerprint density at radius 2 is 1.93 bits per heavy atom. The summed E-state index contributed by atoms with van der Waals surface area (Å²) in [6.07, 6.45) is -4.30. The van der Waals surface area contributed by atoms with E-state index in [4.69, 9.17) is 19.0 Å². The highest BCUT2D eigenvalue weighted by Crippen LogP contribution is 2.26. The molecule has 0 aliphatic carbocycles. The summed E-state index contributed by atoms with van der Waals surface area (Å²) in [7, 11) is 0. The number of benzene rings is 1. The number of ether oxygens (including phenoxy) is 2. The number of carboxylic acids is 1. The fourth-order valence-electron chi connectivity index (χ4n) is 2.86. The lowest BCUT2D eigenvalue weighted by Crippen LogP contribution is -2.61. The van der Waals surface area contributed by atoms with Gasteiger partial charge in [0.15, 0.2) is 6.10 Å². The van der Waals surface area contributed by atoms with Crippen molar-refractivity contribution in [3.63, 3.8) is 0 Å². The monoisotopic (exact) mass is 392 g/mol. The summed E-state index contributed by atoms with van der Waals surface area (Å²) in [6.45, 7) is 1.95. The van der Waals surface area contributed by atoms with Crippen LogP contribution in [0.5, 0.6) is 5.75 Å². The number of hydrogen-bond donors (Lipinski definition) is 4. The zero-order valence-corrected chi connectivity index (χ0v) is 14.9. The molecule has 1 saturated heterocycles. The summed E-state index contributed by atoms with van der Waals surface area (Å²) in [5.74, 6) is -1.02. The Bertz CT molecular complexity index is 948. The van der Waals surface area contributed by atoms with Crippen LogP contribution in [0.1, 0.15) is 19.1 Å². The predicted octanol–water partition coefficient (Wildman–Crippen LogP) is 0.487. The van der Waals surface area contributed by atoms with Crippen LogP contribution in [-0.4, -0.2) is 57.1 Å². The molecule has 9 nitrogen and oxygen atoms in total. The molecular formula is C19H20O9. The van der Waals surface area contributed by atoms with E-state index >= 15 is 0 Å². The van der Waals surface area contributed by atoms with E-state index in [0.717, 1.165) is 6.42 Å². The first-order valence-electron chi connectivity index (χ1n) is 8.65. The molecule has 1 fully saturated rings. The smallest absolute Gasteiger partial charge is 0.344 e. The molecule has 2 aromatic rings. The van der Waals surface area contributed by atoms with Gasteiger partial charge in [0.25, 0.3) is 0 Å². The minimum Gasteiger partial charge on any atom is -0.479 e. The highest BCUT2D eigenvalue weighted by molar-refractivity contribution is 5.83. The van der Waals surface area contributed by atoms with E-state index in [1.54, 1.807) is 18.2 Å². The van der Waals surface area contributed by atoms with E-state index in [0.29, 0.717) is 11.1 Å². The highest BCUT2D eigenvalue weighted by atomic mass is 16.7. The van der Waals surface area contributed by atoms with Crippen LogP contribution in [0.4, 0.5) is 0 Å². The van der Waals surface area contributed by atoms with Crippen molar-refractivity contribution < 1.29 is 39.1 Å². The van der Waals surface area contributed by atoms with Crippen molar-refractivity contribution in [1.82, 2.24) is 0 Å². The second-order valence-electron chi connectivity index (χ2n) is 6.35. The highest BCUT2D eigenvalue weighted by Gasteiger charge is 2.48. The van der Waals surface area contributed by atoms with Gasteiger partial charge < -0.3 is 34.3 Å². The van der Waals surface area contributed by atoms with Gasteiger partial charge in [-0.05, 0) is 36.1 Å². The molecule has 4 N–H and O–H groups in total. The largest absolute Gasteiger partial charge is 0.479 e. The topological polar surface area (TPSA) is 147 Å². The molecule has 9 heteroatoms. The Kier molecular flexibility index (Phi) is 5.80. The van der Waals surface area contributed by atoms with Gasteiger partial charge in [0.05, 0.1) is 5.39 Å². The summed E-state index contributed by atoms with van der Waals surface area (Å²) >= 11 is 0. The predicted molar refractivity (Wildman–Crippen MR) is 96.8 cm³/mol. The molecule has 0 saturated carbocycles. The van der Waals surface area contributed by atoms with Gasteiger partial charge in [-0.3, -0.25) is 0 Å². The van der Waals surface area contributed by atoms with E-state index in [2.05, 4.69) is 0 Å². The molecule has 150 valence electrons. The number of aliphatic hydroxyl groups is 3. The van der Waals surface area contributed by atoms with Gasteiger partial charge in [-0.25, -0.2) is 9.59 Å². The Morgan fingerprint density at radius 3 is 2.61 bits per heavy atom. The number of rotatable bonds is 5. The second kappa shape index (κ2) is 8.11. The summed E-state index contributed by atoms with van der Waals surface area (Å²) < 4.78 is 15.7. The van der Waals surface area contributed by atoms with E-state index < -0.39 is 42.3 Å². The maximum absolute atomic E-state index is 12.2. The van der Waals surface area contributed by atoms with Crippen LogP contribution in [0.15, 0.2) is 39.6 Å². The minimum atomic E-state index is -1.81. The van der Waals surface area contributed by atoms with Crippen LogP contribution in [0, 0.1) is 0 Å².